The Morgan fingerprint density at radius 2 is 1.83 bits per heavy atom. The van der Waals surface area contributed by atoms with Gasteiger partial charge in [-0.05, 0) is 17.7 Å². The van der Waals surface area contributed by atoms with Crippen molar-refractivity contribution in [2.45, 2.75) is 11.0 Å². The van der Waals surface area contributed by atoms with Crippen molar-refractivity contribution in [2.24, 2.45) is 0 Å². The highest BCUT2D eigenvalue weighted by molar-refractivity contribution is 7.91. The summed E-state index contributed by atoms with van der Waals surface area (Å²) in [6.07, 6.45) is -0.828. The van der Waals surface area contributed by atoms with E-state index in [0.29, 0.717) is 11.3 Å². The molecule has 2 aromatic rings. The molecular weight excluding hydrogens is 336 g/mol. The Morgan fingerprint density at radius 1 is 1.08 bits per heavy atom. The van der Waals surface area contributed by atoms with Crippen molar-refractivity contribution in [1.82, 2.24) is 0 Å². The molecule has 1 aliphatic heterocycles. The summed E-state index contributed by atoms with van der Waals surface area (Å²) in [5.74, 6) is -0.280. The van der Waals surface area contributed by atoms with Gasteiger partial charge in [-0.1, -0.05) is 6.07 Å². The van der Waals surface area contributed by atoms with Gasteiger partial charge >= 0.3 is 0 Å². The van der Waals surface area contributed by atoms with Crippen LogP contribution in [0.5, 0.6) is 28.7 Å². The molecule has 1 atom stereocenters. The van der Waals surface area contributed by atoms with Crippen LogP contribution in [0.4, 0.5) is 0 Å². The zero-order valence-corrected chi connectivity index (χ0v) is 13.8. The molecule has 0 amide bonds. The molecule has 0 aliphatic carbocycles. The van der Waals surface area contributed by atoms with Gasteiger partial charge in [0.2, 0.25) is 0 Å². The number of hydrogen-bond acceptors (Lipinski definition) is 7. The lowest BCUT2D eigenvalue weighted by molar-refractivity contribution is 0.210. The lowest BCUT2D eigenvalue weighted by Crippen LogP contribution is -2.26. The van der Waals surface area contributed by atoms with Gasteiger partial charge in [0.25, 0.3) is 0 Å². The number of methoxy groups -OCH3 is 2. The first-order valence-corrected chi connectivity index (χ1v) is 8.68. The first-order chi connectivity index (χ1) is 11.4. The Hall–Kier alpha value is -2.61. The van der Waals surface area contributed by atoms with Gasteiger partial charge in [0.15, 0.2) is 26.2 Å². The van der Waals surface area contributed by atoms with E-state index in [1.807, 2.05) is 0 Å². The van der Waals surface area contributed by atoms with Crippen molar-refractivity contribution in [3.8, 4) is 28.7 Å². The van der Waals surface area contributed by atoms with Crippen molar-refractivity contribution in [1.29, 1.82) is 0 Å². The fourth-order valence-electron chi connectivity index (χ4n) is 2.59. The van der Waals surface area contributed by atoms with Crippen LogP contribution < -0.4 is 14.2 Å². The molecule has 0 saturated heterocycles. The summed E-state index contributed by atoms with van der Waals surface area (Å²) in [6, 6.07) is 7.01. The molecule has 1 heterocycles. The van der Waals surface area contributed by atoms with Gasteiger partial charge in [0.1, 0.15) is 23.4 Å². The second-order valence-electron chi connectivity index (χ2n) is 5.29. The molecule has 1 aliphatic rings. The summed E-state index contributed by atoms with van der Waals surface area (Å²) >= 11 is 0. The molecule has 24 heavy (non-hydrogen) atoms. The van der Waals surface area contributed by atoms with Gasteiger partial charge in [-0.2, -0.15) is 0 Å². The van der Waals surface area contributed by atoms with Crippen LogP contribution in [0.15, 0.2) is 35.2 Å². The Labute approximate surface area is 138 Å². The van der Waals surface area contributed by atoms with Gasteiger partial charge in [-0.25, -0.2) is 8.42 Å². The van der Waals surface area contributed by atoms with E-state index in [0.717, 1.165) is 0 Å². The minimum absolute atomic E-state index is 0.0231. The highest BCUT2D eigenvalue weighted by Crippen LogP contribution is 2.45. The summed E-state index contributed by atoms with van der Waals surface area (Å²) in [5.41, 5.74) is 0.432. The van der Waals surface area contributed by atoms with E-state index in [1.54, 1.807) is 0 Å². The van der Waals surface area contributed by atoms with Crippen LogP contribution in [0.2, 0.25) is 0 Å². The number of rotatable bonds is 3. The van der Waals surface area contributed by atoms with Gasteiger partial charge in [0, 0.05) is 12.1 Å². The molecule has 0 saturated carbocycles. The van der Waals surface area contributed by atoms with Gasteiger partial charge in [-0.3, -0.25) is 0 Å². The fraction of sp³-hybridized carbons (Fsp3) is 0.250. The minimum Gasteiger partial charge on any atom is -0.504 e. The molecule has 128 valence electrons. The maximum Gasteiger partial charge on any atom is 0.189 e. The smallest absolute Gasteiger partial charge is 0.189 e. The van der Waals surface area contributed by atoms with Crippen LogP contribution in [-0.2, 0) is 9.84 Å². The second kappa shape index (κ2) is 5.79. The molecule has 2 N–H and O–H groups in total. The van der Waals surface area contributed by atoms with Crippen molar-refractivity contribution in [3.63, 3.8) is 0 Å². The lowest BCUT2D eigenvalue weighted by Gasteiger charge is -2.28. The number of hydrogen-bond donors (Lipinski definition) is 2. The summed E-state index contributed by atoms with van der Waals surface area (Å²) in [4.78, 5) is -0.0231. The maximum atomic E-state index is 12.7. The van der Waals surface area contributed by atoms with Crippen LogP contribution in [0.1, 0.15) is 11.7 Å². The summed E-state index contributed by atoms with van der Waals surface area (Å²) in [7, 11) is -0.858. The van der Waals surface area contributed by atoms with Gasteiger partial charge in [-0.15, -0.1) is 0 Å². The monoisotopic (exact) mass is 352 g/mol. The van der Waals surface area contributed by atoms with Crippen molar-refractivity contribution < 1.29 is 32.8 Å². The molecule has 0 spiro atoms. The number of phenolic OH excluding ortho intramolecular Hbond substituents is 2. The number of fused-ring (bicyclic) bond motifs is 1. The quantitative estimate of drug-likeness (QED) is 0.815. The van der Waals surface area contributed by atoms with Crippen LogP contribution >= 0.6 is 0 Å². The highest BCUT2D eigenvalue weighted by Gasteiger charge is 2.36. The zero-order chi connectivity index (χ0) is 17.5. The summed E-state index contributed by atoms with van der Waals surface area (Å²) in [6.45, 7) is 0. The van der Waals surface area contributed by atoms with Gasteiger partial charge in [0.05, 0.1) is 20.0 Å². The highest BCUT2D eigenvalue weighted by atomic mass is 32.2. The summed E-state index contributed by atoms with van der Waals surface area (Å²) in [5, 5.41) is 19.0. The normalized spacial score (nSPS) is 18.3. The third-order valence-electron chi connectivity index (χ3n) is 3.77. The van der Waals surface area contributed by atoms with E-state index in [2.05, 4.69) is 0 Å². The number of ether oxygens (including phenoxy) is 3. The SMILES string of the molecule is COc1cc(OC)c2c(c1)OC(c1ccc(O)c(O)c1)CS2(=O)=O. The molecule has 8 heteroatoms. The largest absolute Gasteiger partial charge is 0.504 e. The Morgan fingerprint density at radius 3 is 2.46 bits per heavy atom. The number of sulfone groups is 1. The average Bonchev–Trinajstić information content (AvgIpc) is 2.55. The van der Waals surface area contributed by atoms with E-state index >= 15 is 0 Å². The predicted octanol–water partition coefficient (Wildman–Crippen LogP) is 2.02. The number of benzene rings is 2. The van der Waals surface area contributed by atoms with Crippen LogP contribution in [0.25, 0.3) is 0 Å². The molecular formula is C16H16O7S. The maximum absolute atomic E-state index is 12.7. The molecule has 0 aromatic heterocycles. The molecule has 0 radical (unpaired) electrons. The molecule has 0 bridgehead atoms. The lowest BCUT2D eigenvalue weighted by atomic mass is 10.1. The van der Waals surface area contributed by atoms with E-state index in [1.165, 1.54) is 44.6 Å². The van der Waals surface area contributed by atoms with Crippen molar-refractivity contribution >= 4 is 9.84 Å². The Balaban J connectivity index is 2.11. The van der Waals surface area contributed by atoms with Gasteiger partial charge < -0.3 is 24.4 Å². The molecule has 1 unspecified atom stereocenters. The number of phenols is 2. The molecule has 3 rings (SSSR count). The number of aromatic hydroxyl groups is 2. The molecule has 2 aromatic carbocycles. The topological polar surface area (TPSA) is 102 Å². The van der Waals surface area contributed by atoms with E-state index in [4.69, 9.17) is 14.2 Å². The average molecular weight is 352 g/mol. The van der Waals surface area contributed by atoms with E-state index in [-0.39, 0.29) is 33.6 Å². The standard InChI is InChI=1S/C16H16O7S/c1-21-10-6-13(22-2)16-14(7-10)23-15(8-24(16,19)20)9-3-4-11(17)12(18)5-9/h3-7,15,17-18H,8H2,1-2H3. The van der Waals surface area contributed by atoms with Crippen molar-refractivity contribution in [3.05, 3.63) is 35.9 Å². The van der Waals surface area contributed by atoms with Crippen LogP contribution in [0.3, 0.4) is 0 Å². The van der Waals surface area contributed by atoms with Crippen molar-refractivity contribution in [2.75, 3.05) is 20.0 Å². The Kier molecular flexibility index (Phi) is 3.92. The zero-order valence-electron chi connectivity index (χ0n) is 13.0. The first-order valence-electron chi connectivity index (χ1n) is 7.03. The molecule has 0 fully saturated rings. The van der Waals surface area contributed by atoms with E-state index < -0.39 is 15.9 Å². The predicted molar refractivity (Wildman–Crippen MR) is 84.7 cm³/mol. The fourth-order valence-corrected chi connectivity index (χ4v) is 4.28. The minimum atomic E-state index is -3.68. The van der Waals surface area contributed by atoms with Crippen LogP contribution in [-0.4, -0.2) is 38.6 Å². The van der Waals surface area contributed by atoms with E-state index in [9.17, 15) is 18.6 Å². The van der Waals surface area contributed by atoms with Crippen LogP contribution in [0, 0.1) is 0 Å². The summed E-state index contributed by atoms with van der Waals surface area (Å²) < 4.78 is 41.4. The molecule has 7 nitrogen and oxygen atoms in total. The third-order valence-corrected chi connectivity index (χ3v) is 5.54. The third kappa shape index (κ3) is 2.69. The second-order valence-corrected chi connectivity index (χ2v) is 7.26. The first kappa shape index (κ1) is 16.3. The Bertz CT molecular complexity index is 890.